The molecule has 0 aliphatic heterocycles. The highest BCUT2D eigenvalue weighted by molar-refractivity contribution is 5.67. The SMILES string of the molecule is CC(C)(C)OC(=O)NCc1ccc(CN=Nc2ccc(-c3cnco3)cc2)cc1. The lowest BCUT2D eigenvalue weighted by molar-refractivity contribution is 0.0523. The first-order valence-electron chi connectivity index (χ1n) is 9.30. The average molecular weight is 392 g/mol. The van der Waals surface area contributed by atoms with Crippen LogP contribution in [-0.2, 0) is 17.8 Å². The summed E-state index contributed by atoms with van der Waals surface area (Å²) in [5.74, 6) is 0.717. The quantitative estimate of drug-likeness (QED) is 0.549. The standard InChI is InChI=1S/C22H24N4O3/c1-22(2,3)29-21(27)24-12-16-4-6-17(7-5-16)13-25-26-19-10-8-18(9-11-19)20-14-23-15-28-20/h4-11,14-15H,12-13H2,1-3H3,(H,24,27). The van der Waals surface area contributed by atoms with E-state index in [1.54, 1.807) is 6.20 Å². The van der Waals surface area contributed by atoms with Crippen LogP contribution in [0.25, 0.3) is 11.3 Å². The van der Waals surface area contributed by atoms with Crippen LogP contribution < -0.4 is 5.32 Å². The second-order valence-electron chi connectivity index (χ2n) is 7.48. The summed E-state index contributed by atoms with van der Waals surface area (Å²) in [6, 6.07) is 15.4. The molecule has 0 spiro atoms. The molecule has 29 heavy (non-hydrogen) atoms. The number of hydrogen-bond donors (Lipinski definition) is 1. The maximum Gasteiger partial charge on any atom is 0.407 e. The Hall–Kier alpha value is -3.48. The van der Waals surface area contributed by atoms with Gasteiger partial charge in [0, 0.05) is 12.1 Å². The molecule has 3 aromatic rings. The topological polar surface area (TPSA) is 89.1 Å². The van der Waals surface area contributed by atoms with Crippen molar-refractivity contribution < 1.29 is 13.9 Å². The van der Waals surface area contributed by atoms with E-state index in [9.17, 15) is 4.79 Å². The molecule has 7 heteroatoms. The van der Waals surface area contributed by atoms with Crippen molar-refractivity contribution in [2.24, 2.45) is 10.2 Å². The first kappa shape index (κ1) is 20.3. The van der Waals surface area contributed by atoms with Gasteiger partial charge in [-0.1, -0.05) is 24.3 Å². The maximum absolute atomic E-state index is 11.7. The van der Waals surface area contributed by atoms with Crippen molar-refractivity contribution in [3.05, 3.63) is 72.2 Å². The summed E-state index contributed by atoms with van der Waals surface area (Å²) in [6.45, 7) is 6.39. The largest absolute Gasteiger partial charge is 0.444 e. The first-order valence-corrected chi connectivity index (χ1v) is 9.30. The van der Waals surface area contributed by atoms with Crippen LogP contribution in [0.1, 0.15) is 31.9 Å². The van der Waals surface area contributed by atoms with E-state index in [0.717, 1.165) is 28.1 Å². The molecule has 150 valence electrons. The number of carbonyl (C=O) groups is 1. The molecule has 0 saturated carbocycles. The lowest BCUT2D eigenvalue weighted by atomic mass is 10.1. The monoisotopic (exact) mass is 392 g/mol. The lowest BCUT2D eigenvalue weighted by Crippen LogP contribution is -2.32. The average Bonchev–Trinajstić information content (AvgIpc) is 3.21. The van der Waals surface area contributed by atoms with Crippen LogP contribution >= 0.6 is 0 Å². The number of carbonyl (C=O) groups excluding carboxylic acids is 1. The van der Waals surface area contributed by atoms with Crippen LogP contribution in [0, 0.1) is 0 Å². The Morgan fingerprint density at radius 2 is 1.76 bits per heavy atom. The summed E-state index contributed by atoms with van der Waals surface area (Å²) in [5, 5.41) is 11.2. The molecule has 1 amide bonds. The predicted molar refractivity (Wildman–Crippen MR) is 110 cm³/mol. The Morgan fingerprint density at radius 1 is 1.07 bits per heavy atom. The number of oxazole rings is 1. The van der Waals surface area contributed by atoms with E-state index in [1.165, 1.54) is 6.39 Å². The van der Waals surface area contributed by atoms with Crippen molar-refractivity contribution in [3.8, 4) is 11.3 Å². The lowest BCUT2D eigenvalue weighted by Gasteiger charge is -2.19. The summed E-state index contributed by atoms with van der Waals surface area (Å²) in [6.07, 6.45) is 2.65. The van der Waals surface area contributed by atoms with Gasteiger partial charge in [0.05, 0.1) is 18.4 Å². The summed E-state index contributed by atoms with van der Waals surface area (Å²) >= 11 is 0. The smallest absolute Gasteiger partial charge is 0.407 e. The Bertz CT molecular complexity index is 941. The van der Waals surface area contributed by atoms with Gasteiger partial charge in [0.2, 0.25) is 0 Å². The van der Waals surface area contributed by atoms with Crippen molar-refractivity contribution in [1.29, 1.82) is 0 Å². The van der Waals surface area contributed by atoms with E-state index in [2.05, 4.69) is 20.5 Å². The van der Waals surface area contributed by atoms with E-state index in [0.29, 0.717) is 13.1 Å². The fourth-order valence-electron chi connectivity index (χ4n) is 2.50. The number of rotatable bonds is 6. The number of nitrogens with one attached hydrogen (secondary N) is 1. The molecule has 0 bridgehead atoms. The highest BCUT2D eigenvalue weighted by atomic mass is 16.6. The van der Waals surface area contributed by atoms with Crippen molar-refractivity contribution in [2.45, 2.75) is 39.5 Å². The maximum atomic E-state index is 11.7. The Morgan fingerprint density at radius 3 is 2.38 bits per heavy atom. The third kappa shape index (κ3) is 6.57. The minimum Gasteiger partial charge on any atom is -0.444 e. The number of hydrogen-bond acceptors (Lipinski definition) is 6. The van der Waals surface area contributed by atoms with Gasteiger partial charge in [-0.25, -0.2) is 9.78 Å². The molecule has 2 aromatic carbocycles. The summed E-state index contributed by atoms with van der Waals surface area (Å²) < 4.78 is 10.5. The molecule has 1 aromatic heterocycles. The van der Waals surface area contributed by atoms with E-state index < -0.39 is 11.7 Å². The Kier molecular flexibility index (Phi) is 6.39. The van der Waals surface area contributed by atoms with Gasteiger partial charge in [0.1, 0.15) is 5.60 Å². The number of ether oxygens (including phenoxy) is 1. The van der Waals surface area contributed by atoms with Crippen molar-refractivity contribution in [2.75, 3.05) is 0 Å². The van der Waals surface area contributed by atoms with Crippen LogP contribution in [0.5, 0.6) is 0 Å². The normalized spacial score (nSPS) is 11.6. The van der Waals surface area contributed by atoms with Crippen LogP contribution in [0.3, 0.4) is 0 Å². The van der Waals surface area contributed by atoms with Gasteiger partial charge in [0.15, 0.2) is 12.2 Å². The number of benzene rings is 2. The Balaban J connectivity index is 1.48. The van der Waals surface area contributed by atoms with Crippen molar-refractivity contribution >= 4 is 11.8 Å². The van der Waals surface area contributed by atoms with E-state index in [4.69, 9.17) is 9.15 Å². The minimum absolute atomic E-state index is 0.411. The third-order valence-corrected chi connectivity index (χ3v) is 3.88. The van der Waals surface area contributed by atoms with Gasteiger partial charge in [-0.2, -0.15) is 10.2 Å². The molecule has 0 aliphatic carbocycles. The number of azo groups is 1. The number of nitrogens with zero attached hydrogens (tertiary/aromatic N) is 3. The fraction of sp³-hybridized carbons (Fsp3) is 0.273. The first-order chi connectivity index (χ1) is 13.9. The number of alkyl carbamates (subject to hydrolysis) is 1. The molecule has 0 unspecified atom stereocenters. The summed E-state index contributed by atoms with van der Waals surface area (Å²) in [4.78, 5) is 15.6. The molecule has 0 atom stereocenters. The highest BCUT2D eigenvalue weighted by Gasteiger charge is 2.15. The van der Waals surface area contributed by atoms with Gasteiger partial charge in [-0.15, -0.1) is 0 Å². The van der Waals surface area contributed by atoms with Crippen molar-refractivity contribution in [3.63, 3.8) is 0 Å². The zero-order valence-electron chi connectivity index (χ0n) is 16.8. The third-order valence-electron chi connectivity index (χ3n) is 3.88. The zero-order chi connectivity index (χ0) is 20.7. The number of aromatic nitrogens is 1. The fourth-order valence-corrected chi connectivity index (χ4v) is 2.50. The van der Waals surface area contributed by atoms with Gasteiger partial charge in [0.25, 0.3) is 0 Å². The van der Waals surface area contributed by atoms with Gasteiger partial charge in [-0.05, 0) is 56.2 Å². The molecule has 0 saturated heterocycles. The Labute approximate surface area is 169 Å². The van der Waals surface area contributed by atoms with Gasteiger partial charge in [-0.3, -0.25) is 0 Å². The van der Waals surface area contributed by atoms with Crippen LogP contribution in [-0.4, -0.2) is 16.7 Å². The molecule has 0 radical (unpaired) electrons. The predicted octanol–water partition coefficient (Wildman–Crippen LogP) is 5.65. The summed E-state index contributed by atoms with van der Waals surface area (Å²) in [5.41, 5.74) is 3.23. The second kappa shape index (κ2) is 9.14. The highest BCUT2D eigenvalue weighted by Crippen LogP contribution is 2.22. The van der Waals surface area contributed by atoms with E-state index >= 15 is 0 Å². The van der Waals surface area contributed by atoms with E-state index in [-0.39, 0.29) is 0 Å². The minimum atomic E-state index is -0.505. The molecule has 1 N–H and O–H groups in total. The van der Waals surface area contributed by atoms with E-state index in [1.807, 2.05) is 69.3 Å². The van der Waals surface area contributed by atoms with Crippen molar-refractivity contribution in [1.82, 2.24) is 10.3 Å². The zero-order valence-corrected chi connectivity index (χ0v) is 16.8. The molecule has 0 fully saturated rings. The molecule has 3 rings (SSSR count). The van der Waals surface area contributed by atoms with Crippen LogP contribution in [0.2, 0.25) is 0 Å². The molecule has 0 aliphatic rings. The molecular formula is C22H24N4O3. The van der Waals surface area contributed by atoms with Gasteiger partial charge < -0.3 is 14.5 Å². The molecule has 7 nitrogen and oxygen atoms in total. The van der Waals surface area contributed by atoms with Crippen LogP contribution in [0.4, 0.5) is 10.5 Å². The van der Waals surface area contributed by atoms with Crippen LogP contribution in [0.15, 0.2) is 75.8 Å². The second-order valence-corrected chi connectivity index (χ2v) is 7.48. The van der Waals surface area contributed by atoms with Gasteiger partial charge >= 0.3 is 6.09 Å². The molecular weight excluding hydrogens is 368 g/mol. The summed E-state index contributed by atoms with van der Waals surface area (Å²) in [7, 11) is 0. The molecule has 1 heterocycles. The number of amides is 1.